The predicted molar refractivity (Wildman–Crippen MR) is 74.5 cm³/mol. The molecule has 0 fully saturated rings. The zero-order valence-electron chi connectivity index (χ0n) is 12.2. The van der Waals surface area contributed by atoms with Gasteiger partial charge < -0.3 is 14.8 Å². The van der Waals surface area contributed by atoms with Gasteiger partial charge in [-0.3, -0.25) is 4.79 Å². The Labute approximate surface area is 114 Å². The Bertz CT molecular complexity index is 448. The van der Waals surface area contributed by atoms with E-state index in [1.54, 1.807) is 27.3 Å². The molecule has 1 amide bonds. The fourth-order valence-corrected chi connectivity index (χ4v) is 1.89. The van der Waals surface area contributed by atoms with Crippen molar-refractivity contribution < 1.29 is 14.3 Å². The molecule has 0 aromatic carbocycles. The molecule has 1 N–H and O–H groups in total. The number of carbonyl (C=O) groups is 1. The van der Waals surface area contributed by atoms with Crippen LogP contribution in [-0.2, 0) is 9.53 Å². The molecule has 106 valence electrons. The van der Waals surface area contributed by atoms with E-state index in [1.165, 1.54) is 0 Å². The van der Waals surface area contributed by atoms with Crippen LogP contribution >= 0.6 is 0 Å². The molecule has 1 unspecified atom stereocenters. The molecule has 5 nitrogen and oxygen atoms in total. The van der Waals surface area contributed by atoms with Crippen molar-refractivity contribution in [3.8, 4) is 5.88 Å². The summed E-state index contributed by atoms with van der Waals surface area (Å²) in [6, 6.07) is 1.83. The molecule has 1 aromatic heterocycles. The molecule has 1 atom stereocenters. The summed E-state index contributed by atoms with van der Waals surface area (Å²) in [7, 11) is 3.11. The van der Waals surface area contributed by atoms with Gasteiger partial charge in [0.1, 0.15) is 5.60 Å². The highest BCUT2D eigenvalue weighted by atomic mass is 16.5. The lowest BCUT2D eigenvalue weighted by atomic mass is 9.99. The molecule has 19 heavy (non-hydrogen) atoms. The molecule has 1 heterocycles. The number of nitrogens with one attached hydrogen (secondary N) is 1. The van der Waals surface area contributed by atoms with Crippen LogP contribution in [0.25, 0.3) is 0 Å². The number of nitrogens with zero attached hydrogens (tertiary/aromatic N) is 1. The van der Waals surface area contributed by atoms with Crippen LogP contribution in [0.3, 0.4) is 0 Å². The Kier molecular flexibility index (Phi) is 5.30. The van der Waals surface area contributed by atoms with Gasteiger partial charge in [0.05, 0.1) is 19.0 Å². The molecular formula is C14H22N2O3. The van der Waals surface area contributed by atoms with E-state index in [0.29, 0.717) is 18.0 Å². The van der Waals surface area contributed by atoms with Crippen molar-refractivity contribution in [2.24, 2.45) is 0 Å². The summed E-state index contributed by atoms with van der Waals surface area (Å²) in [5.41, 5.74) is 0.695. The van der Waals surface area contributed by atoms with Gasteiger partial charge in [0.2, 0.25) is 5.88 Å². The molecule has 0 aliphatic heterocycles. The highest BCUT2D eigenvalue weighted by Gasteiger charge is 2.32. The van der Waals surface area contributed by atoms with Crippen molar-refractivity contribution in [3.63, 3.8) is 0 Å². The highest BCUT2D eigenvalue weighted by Crippen LogP contribution is 2.22. The molecule has 5 heteroatoms. The van der Waals surface area contributed by atoms with E-state index in [2.05, 4.69) is 10.3 Å². The van der Waals surface area contributed by atoms with E-state index < -0.39 is 5.60 Å². The van der Waals surface area contributed by atoms with E-state index >= 15 is 0 Å². The summed E-state index contributed by atoms with van der Waals surface area (Å²) in [6.45, 7) is 5.68. The van der Waals surface area contributed by atoms with Gasteiger partial charge in [-0.1, -0.05) is 13.3 Å². The maximum atomic E-state index is 12.2. The number of hydrogen-bond acceptors (Lipinski definition) is 4. The number of aryl methyl sites for hydroxylation is 1. The second kappa shape index (κ2) is 6.52. The monoisotopic (exact) mass is 266 g/mol. The lowest BCUT2D eigenvalue weighted by Crippen LogP contribution is -2.41. The summed E-state index contributed by atoms with van der Waals surface area (Å²) in [4.78, 5) is 16.4. The van der Waals surface area contributed by atoms with E-state index in [4.69, 9.17) is 9.47 Å². The molecule has 0 saturated carbocycles. The number of carbonyl (C=O) groups excluding carboxylic acids is 1. The Morgan fingerprint density at radius 1 is 1.47 bits per heavy atom. The first-order chi connectivity index (χ1) is 8.96. The van der Waals surface area contributed by atoms with Crippen LogP contribution < -0.4 is 10.1 Å². The van der Waals surface area contributed by atoms with Crippen molar-refractivity contribution in [3.05, 3.63) is 17.8 Å². The van der Waals surface area contributed by atoms with Crippen molar-refractivity contribution in [1.29, 1.82) is 0 Å². The second-order valence-electron chi connectivity index (χ2n) is 4.69. The maximum absolute atomic E-state index is 12.2. The van der Waals surface area contributed by atoms with Gasteiger partial charge in [0.25, 0.3) is 5.91 Å². The average Bonchev–Trinajstić information content (AvgIpc) is 2.39. The van der Waals surface area contributed by atoms with Gasteiger partial charge in [0.15, 0.2) is 0 Å². The first-order valence-corrected chi connectivity index (χ1v) is 6.34. The number of anilines is 1. The summed E-state index contributed by atoms with van der Waals surface area (Å²) in [5.74, 6) is 0.393. The molecule has 0 aliphatic carbocycles. The summed E-state index contributed by atoms with van der Waals surface area (Å²) in [6.07, 6.45) is 3.11. The van der Waals surface area contributed by atoms with Gasteiger partial charge in [-0.2, -0.15) is 0 Å². The lowest BCUT2D eigenvalue weighted by molar-refractivity contribution is -0.136. The van der Waals surface area contributed by atoms with E-state index in [-0.39, 0.29) is 5.91 Å². The number of ether oxygens (including phenoxy) is 2. The summed E-state index contributed by atoms with van der Waals surface area (Å²) < 4.78 is 10.4. The molecular weight excluding hydrogens is 244 g/mol. The lowest BCUT2D eigenvalue weighted by Gasteiger charge is -2.26. The van der Waals surface area contributed by atoms with Crippen LogP contribution in [0.4, 0.5) is 5.69 Å². The first-order valence-electron chi connectivity index (χ1n) is 6.34. The second-order valence-corrected chi connectivity index (χ2v) is 4.69. The Hall–Kier alpha value is -1.62. The largest absolute Gasteiger partial charge is 0.481 e. The van der Waals surface area contributed by atoms with Crippen molar-refractivity contribution in [2.45, 2.75) is 39.2 Å². The summed E-state index contributed by atoms with van der Waals surface area (Å²) >= 11 is 0. The van der Waals surface area contributed by atoms with Crippen molar-refractivity contribution >= 4 is 11.6 Å². The third kappa shape index (κ3) is 3.67. The van der Waals surface area contributed by atoms with Gasteiger partial charge in [-0.15, -0.1) is 0 Å². The summed E-state index contributed by atoms with van der Waals surface area (Å²) in [5, 5.41) is 2.83. The van der Waals surface area contributed by atoms with E-state index in [1.807, 2.05) is 19.9 Å². The fraction of sp³-hybridized carbons (Fsp3) is 0.571. The minimum absolute atomic E-state index is 0.164. The molecule has 1 rings (SSSR count). The van der Waals surface area contributed by atoms with Crippen LogP contribution in [0.1, 0.15) is 32.3 Å². The predicted octanol–water partition coefficient (Wildman–Crippen LogP) is 2.54. The van der Waals surface area contributed by atoms with Crippen LogP contribution in [0, 0.1) is 6.92 Å². The number of amides is 1. The smallest absolute Gasteiger partial charge is 0.256 e. The number of aromatic nitrogens is 1. The normalized spacial score (nSPS) is 13.7. The molecule has 0 saturated heterocycles. The Balaban J connectivity index is 2.84. The van der Waals surface area contributed by atoms with Crippen molar-refractivity contribution in [1.82, 2.24) is 4.98 Å². The quantitative estimate of drug-likeness (QED) is 0.859. The van der Waals surface area contributed by atoms with Gasteiger partial charge in [-0.25, -0.2) is 4.98 Å². The fourth-order valence-electron chi connectivity index (χ4n) is 1.89. The van der Waals surface area contributed by atoms with Crippen LogP contribution in [0.5, 0.6) is 5.88 Å². The molecule has 0 bridgehead atoms. The molecule has 0 spiro atoms. The minimum Gasteiger partial charge on any atom is -0.481 e. The van der Waals surface area contributed by atoms with Crippen LogP contribution in [-0.4, -0.2) is 30.7 Å². The standard InChI is InChI=1S/C14H22N2O3/c1-6-7-14(3,19-5)13(17)16-11-8-10(2)12(18-4)15-9-11/h8-9H,6-7H2,1-5H3,(H,16,17). The minimum atomic E-state index is -0.817. The molecule has 0 aliphatic rings. The first kappa shape index (κ1) is 15.4. The van der Waals surface area contributed by atoms with Crippen molar-refractivity contribution in [2.75, 3.05) is 19.5 Å². The van der Waals surface area contributed by atoms with Gasteiger partial charge in [0, 0.05) is 12.7 Å². The number of rotatable bonds is 6. The van der Waals surface area contributed by atoms with Gasteiger partial charge >= 0.3 is 0 Å². The maximum Gasteiger partial charge on any atom is 0.256 e. The Morgan fingerprint density at radius 3 is 2.63 bits per heavy atom. The average molecular weight is 266 g/mol. The van der Waals surface area contributed by atoms with E-state index in [9.17, 15) is 4.79 Å². The number of hydrogen-bond donors (Lipinski definition) is 1. The van der Waals surface area contributed by atoms with Gasteiger partial charge in [-0.05, 0) is 26.3 Å². The highest BCUT2D eigenvalue weighted by molar-refractivity contribution is 5.97. The molecule has 1 aromatic rings. The Morgan fingerprint density at radius 2 is 2.16 bits per heavy atom. The van der Waals surface area contributed by atoms with Crippen LogP contribution in [0.15, 0.2) is 12.3 Å². The zero-order chi connectivity index (χ0) is 14.5. The zero-order valence-corrected chi connectivity index (χ0v) is 12.2. The third-order valence-corrected chi connectivity index (χ3v) is 3.14. The number of pyridine rings is 1. The third-order valence-electron chi connectivity index (χ3n) is 3.14. The SMILES string of the molecule is CCCC(C)(OC)C(=O)Nc1cnc(OC)c(C)c1. The van der Waals surface area contributed by atoms with Crippen LogP contribution in [0.2, 0.25) is 0 Å². The molecule has 0 radical (unpaired) electrons. The van der Waals surface area contributed by atoms with E-state index in [0.717, 1.165) is 12.0 Å². The number of methoxy groups -OCH3 is 2. The topological polar surface area (TPSA) is 60.5 Å².